The van der Waals surface area contributed by atoms with E-state index < -0.39 is 12.0 Å². The van der Waals surface area contributed by atoms with Crippen molar-refractivity contribution >= 4 is 5.97 Å². The van der Waals surface area contributed by atoms with Crippen molar-refractivity contribution in [3.8, 4) is 0 Å². The quantitative estimate of drug-likeness (QED) is 0.765. The third-order valence-corrected chi connectivity index (χ3v) is 2.03. The SMILES string of the molecule is CC(C)(C)n1nnc(C(N)CCC(=O)O)n1. The fourth-order valence-corrected chi connectivity index (χ4v) is 1.07. The Morgan fingerprint density at radius 3 is 2.62 bits per heavy atom. The van der Waals surface area contributed by atoms with Gasteiger partial charge in [0.15, 0.2) is 5.82 Å². The average Bonchev–Trinajstić information content (AvgIpc) is 2.61. The number of hydrogen-bond donors (Lipinski definition) is 2. The van der Waals surface area contributed by atoms with E-state index >= 15 is 0 Å². The summed E-state index contributed by atoms with van der Waals surface area (Å²) in [5.74, 6) is -0.491. The van der Waals surface area contributed by atoms with Crippen molar-refractivity contribution < 1.29 is 9.90 Å². The molecule has 7 nitrogen and oxygen atoms in total. The number of tetrazole rings is 1. The maximum atomic E-state index is 10.4. The first-order valence-electron chi connectivity index (χ1n) is 5.08. The number of nitrogens with zero attached hydrogens (tertiary/aromatic N) is 4. The summed E-state index contributed by atoms with van der Waals surface area (Å²) in [4.78, 5) is 11.9. The number of rotatable bonds is 4. The summed E-state index contributed by atoms with van der Waals surface area (Å²) in [6.07, 6.45) is 0.316. The van der Waals surface area contributed by atoms with Gasteiger partial charge in [0.25, 0.3) is 0 Å². The van der Waals surface area contributed by atoms with Crippen LogP contribution in [0, 0.1) is 0 Å². The van der Waals surface area contributed by atoms with Crippen LogP contribution in [0.1, 0.15) is 45.5 Å². The van der Waals surface area contributed by atoms with Crippen LogP contribution < -0.4 is 5.73 Å². The van der Waals surface area contributed by atoms with E-state index in [1.807, 2.05) is 20.8 Å². The van der Waals surface area contributed by atoms with Crippen molar-refractivity contribution in [2.24, 2.45) is 5.73 Å². The topological polar surface area (TPSA) is 107 Å². The third-order valence-electron chi connectivity index (χ3n) is 2.03. The highest BCUT2D eigenvalue weighted by atomic mass is 16.4. The zero-order chi connectivity index (χ0) is 12.3. The zero-order valence-electron chi connectivity index (χ0n) is 9.71. The van der Waals surface area contributed by atoms with Crippen molar-refractivity contribution in [1.29, 1.82) is 0 Å². The fraction of sp³-hybridized carbons (Fsp3) is 0.778. The molecule has 0 amide bonds. The van der Waals surface area contributed by atoms with Gasteiger partial charge in [-0.2, -0.15) is 4.80 Å². The van der Waals surface area contributed by atoms with Crippen molar-refractivity contribution in [3.05, 3.63) is 5.82 Å². The zero-order valence-corrected chi connectivity index (χ0v) is 9.71. The molecule has 0 aliphatic rings. The standard InChI is InChI=1S/C9H17N5O2/c1-9(2,3)14-12-8(11-13-14)6(10)4-5-7(15)16/h6H,4-5,10H2,1-3H3,(H,15,16). The lowest BCUT2D eigenvalue weighted by Crippen LogP contribution is -2.25. The van der Waals surface area contributed by atoms with Gasteiger partial charge in [0.1, 0.15) is 0 Å². The highest BCUT2D eigenvalue weighted by Crippen LogP contribution is 2.14. The number of hydrogen-bond acceptors (Lipinski definition) is 5. The predicted octanol–water partition coefficient (Wildman–Crippen LogP) is 0.293. The highest BCUT2D eigenvalue weighted by Gasteiger charge is 2.20. The van der Waals surface area contributed by atoms with Crippen LogP contribution in [0.15, 0.2) is 0 Å². The van der Waals surface area contributed by atoms with Crippen molar-refractivity contribution in [3.63, 3.8) is 0 Å². The molecule has 1 unspecified atom stereocenters. The lowest BCUT2D eigenvalue weighted by atomic mass is 10.1. The van der Waals surface area contributed by atoms with Gasteiger partial charge in [-0.25, -0.2) is 0 Å². The summed E-state index contributed by atoms with van der Waals surface area (Å²) in [7, 11) is 0. The Kier molecular flexibility index (Phi) is 3.58. The Morgan fingerprint density at radius 1 is 1.56 bits per heavy atom. The second kappa shape index (κ2) is 4.56. The molecule has 1 aromatic heterocycles. The molecule has 90 valence electrons. The molecule has 16 heavy (non-hydrogen) atoms. The summed E-state index contributed by atoms with van der Waals surface area (Å²) in [6, 6.07) is -0.479. The van der Waals surface area contributed by atoms with Gasteiger partial charge >= 0.3 is 5.97 Å². The van der Waals surface area contributed by atoms with E-state index in [9.17, 15) is 4.79 Å². The molecule has 0 radical (unpaired) electrons. The molecule has 0 aliphatic heterocycles. The third kappa shape index (κ3) is 3.27. The van der Waals surface area contributed by atoms with Gasteiger partial charge in [-0.15, -0.1) is 10.2 Å². The molecule has 1 rings (SSSR count). The van der Waals surface area contributed by atoms with Crippen LogP contribution in [0.25, 0.3) is 0 Å². The van der Waals surface area contributed by atoms with Crippen LogP contribution >= 0.6 is 0 Å². The van der Waals surface area contributed by atoms with Crippen molar-refractivity contribution in [1.82, 2.24) is 20.2 Å². The number of carboxylic acid groups (broad SMARTS) is 1. The number of carbonyl (C=O) groups is 1. The summed E-state index contributed by atoms with van der Waals surface area (Å²) >= 11 is 0. The molecule has 3 N–H and O–H groups in total. The number of carboxylic acids is 1. The Balaban J connectivity index is 2.67. The molecule has 0 bridgehead atoms. The minimum atomic E-state index is -0.876. The minimum Gasteiger partial charge on any atom is -0.481 e. The number of aliphatic carboxylic acids is 1. The number of nitrogens with two attached hydrogens (primary N) is 1. The Hall–Kier alpha value is -1.50. The van der Waals surface area contributed by atoms with Gasteiger partial charge in [0.05, 0.1) is 11.6 Å². The maximum absolute atomic E-state index is 10.4. The molecular formula is C9H17N5O2. The van der Waals surface area contributed by atoms with Gasteiger partial charge in [-0.05, 0) is 32.4 Å². The van der Waals surface area contributed by atoms with Crippen molar-refractivity contribution in [2.45, 2.75) is 45.2 Å². The molecule has 1 heterocycles. The molecule has 7 heteroatoms. The van der Waals surface area contributed by atoms with Crippen LogP contribution in [0.3, 0.4) is 0 Å². The van der Waals surface area contributed by atoms with Crippen molar-refractivity contribution in [2.75, 3.05) is 0 Å². The second-order valence-corrected chi connectivity index (χ2v) is 4.65. The molecular weight excluding hydrogens is 210 g/mol. The Bertz CT molecular complexity index is 368. The molecule has 1 aromatic rings. The normalized spacial score (nSPS) is 13.8. The van der Waals surface area contributed by atoms with Crippen LogP contribution in [-0.4, -0.2) is 31.3 Å². The highest BCUT2D eigenvalue weighted by molar-refractivity contribution is 5.66. The smallest absolute Gasteiger partial charge is 0.303 e. The van der Waals surface area contributed by atoms with Crippen LogP contribution in [0.4, 0.5) is 0 Å². The summed E-state index contributed by atoms with van der Waals surface area (Å²) in [5.41, 5.74) is 5.51. The Labute approximate surface area is 93.6 Å². The lowest BCUT2D eigenvalue weighted by molar-refractivity contribution is -0.137. The van der Waals surface area contributed by atoms with E-state index in [4.69, 9.17) is 10.8 Å². The van der Waals surface area contributed by atoms with Crippen LogP contribution in [0.5, 0.6) is 0 Å². The van der Waals surface area contributed by atoms with E-state index in [0.29, 0.717) is 12.2 Å². The fourth-order valence-electron chi connectivity index (χ4n) is 1.07. The number of aromatic nitrogens is 4. The van der Waals surface area contributed by atoms with Gasteiger partial charge in [-0.1, -0.05) is 0 Å². The van der Waals surface area contributed by atoms with Gasteiger partial charge in [0, 0.05) is 6.42 Å². The van der Waals surface area contributed by atoms with Gasteiger partial charge in [0.2, 0.25) is 0 Å². The van der Waals surface area contributed by atoms with E-state index in [0.717, 1.165) is 0 Å². The molecule has 0 spiro atoms. The van der Waals surface area contributed by atoms with Crippen LogP contribution in [0.2, 0.25) is 0 Å². The summed E-state index contributed by atoms with van der Waals surface area (Å²) < 4.78 is 0. The monoisotopic (exact) mass is 227 g/mol. The molecule has 0 aliphatic carbocycles. The Morgan fingerprint density at radius 2 is 2.19 bits per heavy atom. The molecule has 0 saturated heterocycles. The van der Waals surface area contributed by atoms with E-state index in [2.05, 4.69) is 15.4 Å². The minimum absolute atomic E-state index is 0.00518. The second-order valence-electron chi connectivity index (χ2n) is 4.65. The predicted molar refractivity (Wildman–Crippen MR) is 56.6 cm³/mol. The first-order valence-corrected chi connectivity index (χ1v) is 5.08. The van der Waals surface area contributed by atoms with Crippen LogP contribution in [-0.2, 0) is 10.3 Å². The summed E-state index contributed by atoms with van der Waals surface area (Å²) in [6.45, 7) is 5.84. The van der Waals surface area contributed by atoms with E-state index in [-0.39, 0.29) is 12.0 Å². The first kappa shape index (κ1) is 12.6. The van der Waals surface area contributed by atoms with Gasteiger partial charge in [-0.3, -0.25) is 4.79 Å². The molecule has 1 atom stereocenters. The molecule has 0 aromatic carbocycles. The van der Waals surface area contributed by atoms with E-state index in [1.165, 1.54) is 4.80 Å². The summed E-state index contributed by atoms with van der Waals surface area (Å²) in [5, 5.41) is 20.4. The molecule has 0 fully saturated rings. The largest absolute Gasteiger partial charge is 0.481 e. The first-order chi connectivity index (χ1) is 7.30. The van der Waals surface area contributed by atoms with E-state index in [1.54, 1.807) is 0 Å². The average molecular weight is 227 g/mol. The maximum Gasteiger partial charge on any atom is 0.303 e. The molecule has 0 saturated carbocycles. The van der Waals surface area contributed by atoms with Gasteiger partial charge < -0.3 is 10.8 Å². The lowest BCUT2D eigenvalue weighted by Gasteiger charge is -2.15.